The van der Waals surface area contributed by atoms with Crippen LogP contribution in [0.3, 0.4) is 0 Å². The first kappa shape index (κ1) is 21.8. The van der Waals surface area contributed by atoms with Gasteiger partial charge in [-0.25, -0.2) is 0 Å². The fraction of sp³-hybridized carbons (Fsp3) is 0.154. The average molecular weight is 477 g/mol. The molecule has 2 N–H and O–H groups in total. The number of rotatable bonds is 7. The monoisotopic (exact) mass is 476 g/mol. The predicted molar refractivity (Wildman–Crippen MR) is 135 cm³/mol. The van der Waals surface area contributed by atoms with Gasteiger partial charge in [0.25, 0.3) is 11.1 Å². The lowest BCUT2D eigenvalue weighted by Crippen LogP contribution is -2.29. The van der Waals surface area contributed by atoms with E-state index < -0.39 is 5.37 Å². The Morgan fingerprint density at radius 3 is 2.55 bits per heavy atom. The molecule has 1 aliphatic rings. The fourth-order valence-electron chi connectivity index (χ4n) is 4.02. The van der Waals surface area contributed by atoms with Gasteiger partial charge >= 0.3 is 0 Å². The Morgan fingerprint density at radius 2 is 1.73 bits per heavy atom. The zero-order valence-electron chi connectivity index (χ0n) is 17.6. The number of carbonyl (C=O) groups excluding carboxylic acids is 2. The van der Waals surface area contributed by atoms with Gasteiger partial charge in [-0.1, -0.05) is 60.1 Å². The van der Waals surface area contributed by atoms with Crippen LogP contribution in [-0.4, -0.2) is 23.1 Å². The van der Waals surface area contributed by atoms with Crippen molar-refractivity contribution in [3.63, 3.8) is 0 Å². The van der Waals surface area contributed by atoms with Gasteiger partial charge in [-0.05, 0) is 69.7 Å². The highest BCUT2D eigenvalue weighted by molar-refractivity contribution is 8.15. The number of hydrogen-bond acceptors (Lipinski definition) is 5. The number of anilines is 1. The number of carbonyl (C=O) groups is 2. The zero-order chi connectivity index (χ0) is 22.8. The molecule has 33 heavy (non-hydrogen) atoms. The minimum absolute atomic E-state index is 0.314. The molecule has 0 bridgehead atoms. The number of ether oxygens (including phenoxy) is 1. The van der Waals surface area contributed by atoms with Crippen LogP contribution in [0, 0.1) is 0 Å². The van der Waals surface area contributed by atoms with Crippen molar-refractivity contribution >= 4 is 61.7 Å². The van der Waals surface area contributed by atoms with E-state index in [1.54, 1.807) is 0 Å². The fourth-order valence-corrected chi connectivity index (χ4v) is 5.00. The van der Waals surface area contributed by atoms with E-state index in [2.05, 4.69) is 34.9 Å². The van der Waals surface area contributed by atoms with E-state index in [9.17, 15) is 9.59 Å². The van der Waals surface area contributed by atoms with Gasteiger partial charge in [-0.3, -0.25) is 14.9 Å². The summed E-state index contributed by atoms with van der Waals surface area (Å²) in [6, 6.07) is 24.3. The smallest absolute Gasteiger partial charge is 0.288 e. The first-order valence-corrected chi connectivity index (χ1v) is 11.9. The molecule has 5 rings (SSSR count). The van der Waals surface area contributed by atoms with Crippen molar-refractivity contribution < 1.29 is 14.3 Å². The standard InChI is InChI=1S/C26H21ClN2O3S/c27-23-6-2-5-18-13-16(7-9-22(18)23)15-32-12-11-17-3-1-4-19-14-20(8-10-21(17)19)28-25-24(30)29-26(31)33-25/h1-10,13-14,25,28H,11-12,15H2,(H,29,30,31). The Labute approximate surface area is 200 Å². The number of thioether (sulfide) groups is 1. The van der Waals surface area contributed by atoms with Crippen LogP contribution in [0.1, 0.15) is 11.1 Å². The second-order valence-electron chi connectivity index (χ2n) is 7.87. The van der Waals surface area contributed by atoms with Crippen LogP contribution < -0.4 is 10.6 Å². The topological polar surface area (TPSA) is 67.4 Å². The molecule has 1 unspecified atom stereocenters. The van der Waals surface area contributed by atoms with E-state index in [-0.39, 0.29) is 11.1 Å². The summed E-state index contributed by atoms with van der Waals surface area (Å²) >= 11 is 7.20. The van der Waals surface area contributed by atoms with E-state index in [0.717, 1.165) is 56.0 Å². The summed E-state index contributed by atoms with van der Waals surface area (Å²) in [6.45, 7) is 1.15. The van der Waals surface area contributed by atoms with Gasteiger partial charge in [0.1, 0.15) is 0 Å². The van der Waals surface area contributed by atoms with Crippen molar-refractivity contribution in [3.8, 4) is 0 Å². The zero-order valence-corrected chi connectivity index (χ0v) is 19.2. The lowest BCUT2D eigenvalue weighted by Gasteiger charge is -2.13. The molecular weight excluding hydrogens is 456 g/mol. The molecular formula is C26H21ClN2O3S. The number of imide groups is 1. The van der Waals surface area contributed by atoms with Crippen molar-refractivity contribution in [1.29, 1.82) is 0 Å². The molecule has 5 nitrogen and oxygen atoms in total. The molecule has 1 saturated heterocycles. The maximum absolute atomic E-state index is 11.8. The summed E-state index contributed by atoms with van der Waals surface area (Å²) in [7, 11) is 0. The summed E-state index contributed by atoms with van der Waals surface area (Å²) in [5, 5.41) is 9.61. The van der Waals surface area contributed by atoms with Crippen LogP contribution in [0.2, 0.25) is 5.02 Å². The molecule has 0 aromatic heterocycles. The number of benzene rings is 4. The van der Waals surface area contributed by atoms with Crippen LogP contribution in [0.25, 0.3) is 21.5 Å². The predicted octanol–water partition coefficient (Wildman–Crippen LogP) is 6.13. The molecule has 4 aromatic carbocycles. The molecule has 166 valence electrons. The summed E-state index contributed by atoms with van der Waals surface area (Å²) in [4.78, 5) is 23.2. The highest BCUT2D eigenvalue weighted by Gasteiger charge is 2.31. The first-order valence-electron chi connectivity index (χ1n) is 10.6. The molecule has 1 atom stereocenters. The largest absolute Gasteiger partial charge is 0.376 e. The number of fused-ring (bicyclic) bond motifs is 2. The van der Waals surface area contributed by atoms with Crippen molar-refractivity contribution in [2.75, 3.05) is 11.9 Å². The Morgan fingerprint density at radius 1 is 0.939 bits per heavy atom. The van der Waals surface area contributed by atoms with Crippen molar-refractivity contribution in [2.24, 2.45) is 0 Å². The Hall–Kier alpha value is -3.06. The maximum atomic E-state index is 11.8. The van der Waals surface area contributed by atoms with Crippen LogP contribution in [0.5, 0.6) is 0 Å². The number of hydrogen-bond donors (Lipinski definition) is 2. The van der Waals surface area contributed by atoms with Crippen LogP contribution in [0.4, 0.5) is 10.5 Å². The Bertz CT molecular complexity index is 1370. The normalized spacial score (nSPS) is 15.8. The summed E-state index contributed by atoms with van der Waals surface area (Å²) in [5.74, 6) is -0.314. The summed E-state index contributed by atoms with van der Waals surface area (Å²) in [6.07, 6.45) is 0.791. The van der Waals surface area contributed by atoms with E-state index in [4.69, 9.17) is 16.3 Å². The molecule has 7 heteroatoms. The second kappa shape index (κ2) is 9.43. The molecule has 0 aliphatic carbocycles. The average Bonchev–Trinajstić information content (AvgIpc) is 3.13. The Balaban J connectivity index is 1.22. The van der Waals surface area contributed by atoms with E-state index in [1.165, 1.54) is 5.56 Å². The molecule has 1 heterocycles. The van der Waals surface area contributed by atoms with Crippen LogP contribution in [-0.2, 0) is 22.6 Å². The van der Waals surface area contributed by atoms with Gasteiger partial charge in [0.2, 0.25) is 0 Å². The first-order chi connectivity index (χ1) is 16.1. The highest BCUT2D eigenvalue weighted by atomic mass is 35.5. The van der Waals surface area contributed by atoms with Crippen LogP contribution >= 0.6 is 23.4 Å². The lowest BCUT2D eigenvalue weighted by atomic mass is 10.0. The third-order valence-electron chi connectivity index (χ3n) is 5.63. The quantitative estimate of drug-likeness (QED) is 0.314. The lowest BCUT2D eigenvalue weighted by molar-refractivity contribution is -0.118. The van der Waals surface area contributed by atoms with Gasteiger partial charge in [0.15, 0.2) is 5.37 Å². The molecule has 2 amide bonds. The van der Waals surface area contributed by atoms with Crippen molar-refractivity contribution in [2.45, 2.75) is 18.4 Å². The van der Waals surface area contributed by atoms with E-state index >= 15 is 0 Å². The molecule has 1 aliphatic heterocycles. The van der Waals surface area contributed by atoms with Gasteiger partial charge in [-0.15, -0.1) is 0 Å². The van der Waals surface area contributed by atoms with E-state index in [1.807, 2.05) is 48.5 Å². The minimum atomic E-state index is -0.599. The number of nitrogens with one attached hydrogen (secondary N) is 2. The third-order valence-corrected chi connectivity index (χ3v) is 6.85. The van der Waals surface area contributed by atoms with Crippen molar-refractivity contribution in [3.05, 3.63) is 88.9 Å². The maximum Gasteiger partial charge on any atom is 0.288 e. The molecule has 0 saturated carbocycles. The minimum Gasteiger partial charge on any atom is -0.376 e. The Kier molecular flexibility index (Phi) is 6.22. The SMILES string of the molecule is O=C1NC(=O)C(Nc2ccc3c(CCOCc4ccc5c(Cl)cccc5c4)cccc3c2)S1. The summed E-state index contributed by atoms with van der Waals surface area (Å²) < 4.78 is 5.96. The van der Waals surface area contributed by atoms with Gasteiger partial charge in [0.05, 0.1) is 13.2 Å². The molecule has 0 spiro atoms. The molecule has 0 radical (unpaired) electrons. The third kappa shape index (κ3) is 4.83. The van der Waals surface area contributed by atoms with Crippen molar-refractivity contribution in [1.82, 2.24) is 5.32 Å². The summed E-state index contributed by atoms with van der Waals surface area (Å²) in [5.41, 5.74) is 3.12. The van der Waals surface area contributed by atoms with Gasteiger partial charge < -0.3 is 10.1 Å². The number of halogens is 1. The number of amides is 2. The van der Waals surface area contributed by atoms with Crippen LogP contribution in [0.15, 0.2) is 72.8 Å². The van der Waals surface area contributed by atoms with Gasteiger partial charge in [0, 0.05) is 16.1 Å². The molecule has 1 fully saturated rings. The van der Waals surface area contributed by atoms with E-state index in [0.29, 0.717) is 13.2 Å². The second-order valence-corrected chi connectivity index (χ2v) is 9.35. The highest BCUT2D eigenvalue weighted by Crippen LogP contribution is 2.27. The van der Waals surface area contributed by atoms with Gasteiger partial charge in [-0.2, -0.15) is 0 Å². The molecule has 4 aromatic rings.